The third-order valence-corrected chi connectivity index (χ3v) is 3.60. The van der Waals surface area contributed by atoms with Gasteiger partial charge in [0.25, 0.3) is 0 Å². The van der Waals surface area contributed by atoms with Crippen LogP contribution in [0.1, 0.15) is 32.8 Å². The fraction of sp³-hybridized carbons (Fsp3) is 0.667. The molecule has 1 aromatic heterocycles. The van der Waals surface area contributed by atoms with E-state index in [4.69, 9.17) is 5.11 Å². The lowest BCUT2D eigenvalue weighted by Gasteiger charge is -2.25. The second-order valence-corrected chi connectivity index (χ2v) is 4.73. The molecule has 4 nitrogen and oxygen atoms in total. The molecular weight excluding hydrogens is 257 g/mol. The molecule has 0 fully saturated rings. The van der Waals surface area contributed by atoms with Crippen molar-refractivity contribution >= 4 is 5.82 Å². The summed E-state index contributed by atoms with van der Waals surface area (Å²) in [6.45, 7) is 10.5. The molecule has 0 aliphatic carbocycles. The summed E-state index contributed by atoms with van der Waals surface area (Å²) in [6, 6.07) is 1.52. The number of aromatic nitrogens is 1. The van der Waals surface area contributed by atoms with Gasteiger partial charge >= 0.3 is 0 Å². The Kier molecular flexibility index (Phi) is 7.47. The van der Waals surface area contributed by atoms with E-state index in [9.17, 15) is 4.39 Å². The summed E-state index contributed by atoms with van der Waals surface area (Å²) in [4.78, 5) is 8.40. The van der Waals surface area contributed by atoms with Gasteiger partial charge in [-0.1, -0.05) is 13.8 Å². The van der Waals surface area contributed by atoms with Gasteiger partial charge in [-0.25, -0.2) is 9.37 Å². The van der Waals surface area contributed by atoms with Gasteiger partial charge in [0.1, 0.15) is 0 Å². The van der Waals surface area contributed by atoms with Crippen LogP contribution in [-0.2, 0) is 6.61 Å². The van der Waals surface area contributed by atoms with Crippen molar-refractivity contribution in [3.63, 3.8) is 0 Å². The second-order valence-electron chi connectivity index (χ2n) is 4.73. The molecule has 0 saturated carbocycles. The largest absolute Gasteiger partial charge is 0.392 e. The predicted molar refractivity (Wildman–Crippen MR) is 80.4 cm³/mol. The highest BCUT2D eigenvalue weighted by molar-refractivity contribution is 5.42. The highest BCUT2D eigenvalue weighted by Gasteiger charge is 2.14. The van der Waals surface area contributed by atoms with E-state index < -0.39 is 5.82 Å². The van der Waals surface area contributed by atoms with Crippen molar-refractivity contribution in [2.75, 3.05) is 37.6 Å². The van der Waals surface area contributed by atoms with E-state index in [1.54, 1.807) is 6.20 Å². The number of halogens is 1. The number of rotatable bonds is 9. The third kappa shape index (κ3) is 4.42. The zero-order chi connectivity index (χ0) is 15.0. The molecule has 1 heterocycles. The zero-order valence-corrected chi connectivity index (χ0v) is 12.8. The predicted octanol–water partition coefficient (Wildman–Crippen LogP) is 2.27. The minimum absolute atomic E-state index is 0.293. The molecule has 1 rings (SSSR count). The maximum atomic E-state index is 14.2. The molecular formula is C15H26FN3O. The first-order valence-electron chi connectivity index (χ1n) is 7.39. The molecule has 0 atom stereocenters. The van der Waals surface area contributed by atoms with Crippen molar-refractivity contribution < 1.29 is 9.50 Å². The molecule has 1 aromatic rings. The number of aliphatic hydroxyl groups is 1. The molecule has 0 bridgehead atoms. The number of hydrogen-bond donors (Lipinski definition) is 1. The van der Waals surface area contributed by atoms with Gasteiger partial charge < -0.3 is 14.9 Å². The molecule has 0 aliphatic rings. The van der Waals surface area contributed by atoms with Gasteiger partial charge in [0.2, 0.25) is 0 Å². The van der Waals surface area contributed by atoms with Crippen molar-refractivity contribution in [2.45, 2.75) is 33.8 Å². The summed E-state index contributed by atoms with van der Waals surface area (Å²) in [5.74, 6) is -0.0571. The summed E-state index contributed by atoms with van der Waals surface area (Å²) in [6.07, 6.45) is 2.52. The van der Waals surface area contributed by atoms with Gasteiger partial charge in [0, 0.05) is 24.8 Å². The molecule has 0 aromatic carbocycles. The van der Waals surface area contributed by atoms with Crippen LogP contribution >= 0.6 is 0 Å². The molecule has 0 unspecified atom stereocenters. The number of hydrogen-bond acceptors (Lipinski definition) is 4. The Balaban J connectivity index is 2.67. The van der Waals surface area contributed by atoms with Crippen LogP contribution in [0.4, 0.5) is 10.2 Å². The van der Waals surface area contributed by atoms with E-state index in [0.717, 1.165) is 32.6 Å². The van der Waals surface area contributed by atoms with E-state index in [2.05, 4.69) is 23.7 Å². The SMILES string of the molecule is CCN(CC)CCCN(CC)c1nccc(CO)c1F. The van der Waals surface area contributed by atoms with Crippen LogP contribution in [0.5, 0.6) is 0 Å². The van der Waals surface area contributed by atoms with Crippen molar-refractivity contribution in [1.29, 1.82) is 0 Å². The van der Waals surface area contributed by atoms with Gasteiger partial charge in [-0.05, 0) is 39.0 Å². The Hall–Kier alpha value is -1.20. The van der Waals surface area contributed by atoms with E-state index in [1.807, 2.05) is 11.8 Å². The normalized spacial score (nSPS) is 11.1. The Bertz CT molecular complexity index is 397. The van der Waals surface area contributed by atoms with Crippen molar-refractivity contribution in [2.24, 2.45) is 0 Å². The fourth-order valence-electron chi connectivity index (χ4n) is 2.25. The molecule has 0 spiro atoms. The topological polar surface area (TPSA) is 39.6 Å². The Morgan fingerprint density at radius 1 is 1.15 bits per heavy atom. The second kappa shape index (κ2) is 8.87. The fourth-order valence-corrected chi connectivity index (χ4v) is 2.25. The molecule has 114 valence electrons. The third-order valence-electron chi connectivity index (χ3n) is 3.60. The molecule has 0 amide bonds. The van der Waals surface area contributed by atoms with Crippen LogP contribution in [-0.4, -0.2) is 47.7 Å². The lowest BCUT2D eigenvalue weighted by molar-refractivity contribution is 0.275. The quantitative estimate of drug-likeness (QED) is 0.754. The maximum Gasteiger partial charge on any atom is 0.171 e. The maximum absolute atomic E-state index is 14.2. The van der Waals surface area contributed by atoms with Gasteiger partial charge in [0.15, 0.2) is 11.6 Å². The lowest BCUT2D eigenvalue weighted by atomic mass is 10.2. The number of pyridine rings is 1. The zero-order valence-electron chi connectivity index (χ0n) is 12.8. The smallest absolute Gasteiger partial charge is 0.171 e. The number of aliphatic hydroxyl groups excluding tert-OH is 1. The molecule has 20 heavy (non-hydrogen) atoms. The minimum atomic E-state index is -0.403. The van der Waals surface area contributed by atoms with Gasteiger partial charge in [-0.3, -0.25) is 0 Å². The number of nitrogens with zero attached hydrogens (tertiary/aromatic N) is 3. The lowest BCUT2D eigenvalue weighted by Crippen LogP contribution is -2.31. The standard InChI is InChI=1S/C15H26FN3O/c1-4-18(5-2)10-7-11-19(6-3)15-14(16)13(12-20)8-9-17-15/h8-9,20H,4-7,10-12H2,1-3H3. The summed E-state index contributed by atoms with van der Waals surface area (Å²) >= 11 is 0. The van der Waals surface area contributed by atoms with E-state index >= 15 is 0 Å². The Morgan fingerprint density at radius 2 is 1.85 bits per heavy atom. The molecule has 1 N–H and O–H groups in total. The van der Waals surface area contributed by atoms with Gasteiger partial charge in [-0.2, -0.15) is 0 Å². The summed E-state index contributed by atoms with van der Waals surface area (Å²) in [7, 11) is 0. The molecule has 0 saturated heterocycles. The van der Waals surface area contributed by atoms with E-state index in [-0.39, 0.29) is 6.61 Å². The Morgan fingerprint density at radius 3 is 2.40 bits per heavy atom. The van der Waals surface area contributed by atoms with Gasteiger partial charge in [-0.15, -0.1) is 0 Å². The van der Waals surface area contributed by atoms with Crippen LogP contribution < -0.4 is 4.90 Å². The first kappa shape index (κ1) is 16.9. The summed E-state index contributed by atoms with van der Waals surface area (Å²) in [5, 5.41) is 9.12. The van der Waals surface area contributed by atoms with Crippen LogP contribution in [0, 0.1) is 5.82 Å². The average Bonchev–Trinajstić information content (AvgIpc) is 2.48. The van der Waals surface area contributed by atoms with Gasteiger partial charge in [0.05, 0.1) is 6.61 Å². The van der Waals surface area contributed by atoms with E-state index in [1.165, 1.54) is 6.07 Å². The highest BCUT2D eigenvalue weighted by atomic mass is 19.1. The first-order chi connectivity index (χ1) is 9.67. The van der Waals surface area contributed by atoms with Crippen LogP contribution in [0.3, 0.4) is 0 Å². The Labute approximate surface area is 121 Å². The highest BCUT2D eigenvalue weighted by Crippen LogP contribution is 2.19. The summed E-state index contributed by atoms with van der Waals surface area (Å²) < 4.78 is 14.2. The number of anilines is 1. The van der Waals surface area contributed by atoms with Crippen molar-refractivity contribution in [3.05, 3.63) is 23.6 Å². The molecule has 0 radical (unpaired) electrons. The van der Waals surface area contributed by atoms with Crippen LogP contribution in [0.15, 0.2) is 12.3 Å². The monoisotopic (exact) mass is 283 g/mol. The van der Waals surface area contributed by atoms with E-state index in [0.29, 0.717) is 17.9 Å². The summed E-state index contributed by atoms with van der Waals surface area (Å²) in [5.41, 5.74) is 0.303. The minimum Gasteiger partial charge on any atom is -0.392 e. The van der Waals surface area contributed by atoms with Crippen molar-refractivity contribution in [3.8, 4) is 0 Å². The van der Waals surface area contributed by atoms with Crippen LogP contribution in [0.2, 0.25) is 0 Å². The molecule has 0 aliphatic heterocycles. The van der Waals surface area contributed by atoms with Crippen molar-refractivity contribution in [1.82, 2.24) is 9.88 Å². The molecule has 5 heteroatoms. The average molecular weight is 283 g/mol. The first-order valence-corrected chi connectivity index (χ1v) is 7.39. The van der Waals surface area contributed by atoms with Crippen LogP contribution in [0.25, 0.3) is 0 Å².